The summed E-state index contributed by atoms with van der Waals surface area (Å²) in [5, 5.41) is 0. The van der Waals surface area contributed by atoms with E-state index in [0.717, 1.165) is 0 Å². The van der Waals surface area contributed by atoms with E-state index in [1.54, 1.807) is 20.8 Å². The molecule has 13 heavy (non-hydrogen) atoms. The first kappa shape index (κ1) is 12.1. The van der Waals surface area contributed by atoms with Crippen molar-refractivity contribution in [2.24, 2.45) is 0 Å². The molecule has 0 fully saturated rings. The topological polar surface area (TPSA) is 26.3 Å². The van der Waals surface area contributed by atoms with Crippen molar-refractivity contribution in [1.29, 1.82) is 0 Å². The van der Waals surface area contributed by atoms with Crippen LogP contribution in [0.4, 0.5) is 12.9 Å². The van der Waals surface area contributed by atoms with E-state index in [1.807, 2.05) is 0 Å². The minimum Gasteiger partial charge on any atom is -0.457 e. The summed E-state index contributed by atoms with van der Waals surface area (Å²) < 4.78 is 39.5. The van der Waals surface area contributed by atoms with Crippen LogP contribution in [0.15, 0.2) is 12.1 Å². The molecule has 0 N–H and O–H groups in total. The molecule has 0 radical (unpaired) electrons. The summed E-state index contributed by atoms with van der Waals surface area (Å²) in [6, 6.07) is 0. The van der Waals surface area contributed by atoms with Crippen LogP contribution in [0.5, 0.6) is 0 Å². The van der Waals surface area contributed by atoms with Crippen molar-refractivity contribution in [2.75, 3.05) is 0 Å². The standard InChI is InChI=1S/C7H11BF3O2/c1-7(2,3)13-6(12)4-5-8(9,10)11/h4-5H,1-3H3/q-1/b5-4-. The van der Waals surface area contributed by atoms with Crippen molar-refractivity contribution in [3.05, 3.63) is 12.1 Å². The fourth-order valence-corrected chi connectivity index (χ4v) is 0.523. The molecule has 0 saturated heterocycles. The Hall–Kier alpha value is -0.935. The Morgan fingerprint density at radius 3 is 2.08 bits per heavy atom. The van der Waals surface area contributed by atoms with Gasteiger partial charge in [-0.25, -0.2) is 4.79 Å². The third kappa shape index (κ3) is 8.98. The molecule has 0 bridgehead atoms. The molecule has 6 heteroatoms. The number of rotatable bonds is 2. The van der Waals surface area contributed by atoms with Crippen molar-refractivity contribution in [1.82, 2.24) is 0 Å². The fourth-order valence-electron chi connectivity index (χ4n) is 0.523. The predicted octanol–water partition coefficient (Wildman–Crippen LogP) is 2.27. The number of hydrogen-bond acceptors (Lipinski definition) is 2. The maximum Gasteiger partial charge on any atom is 0.502 e. The average Bonchev–Trinajstić information content (AvgIpc) is 1.78. The van der Waals surface area contributed by atoms with E-state index >= 15 is 0 Å². The van der Waals surface area contributed by atoms with Gasteiger partial charge in [0.2, 0.25) is 0 Å². The van der Waals surface area contributed by atoms with Crippen LogP contribution in [-0.4, -0.2) is 18.5 Å². The highest BCUT2D eigenvalue weighted by Gasteiger charge is 2.19. The second kappa shape index (κ2) is 3.85. The Bertz CT molecular complexity index is 215. The lowest BCUT2D eigenvalue weighted by Gasteiger charge is -2.18. The van der Waals surface area contributed by atoms with Crippen molar-refractivity contribution >= 4 is 12.9 Å². The lowest BCUT2D eigenvalue weighted by atomic mass is 9.92. The molecule has 0 aliphatic rings. The number of ether oxygens (including phenoxy) is 1. The van der Waals surface area contributed by atoms with Gasteiger partial charge in [0.1, 0.15) is 5.60 Å². The Morgan fingerprint density at radius 2 is 1.77 bits per heavy atom. The van der Waals surface area contributed by atoms with E-state index in [9.17, 15) is 17.7 Å². The molecule has 0 heterocycles. The number of carbonyl (C=O) groups excluding carboxylic acids is 1. The van der Waals surface area contributed by atoms with Gasteiger partial charge < -0.3 is 17.7 Å². The van der Waals surface area contributed by atoms with Crippen LogP contribution in [0, 0.1) is 0 Å². The molecule has 0 atom stereocenters. The smallest absolute Gasteiger partial charge is 0.457 e. The van der Waals surface area contributed by atoms with Crippen LogP contribution in [0.2, 0.25) is 0 Å². The van der Waals surface area contributed by atoms with Gasteiger partial charge >= 0.3 is 12.9 Å². The van der Waals surface area contributed by atoms with Gasteiger partial charge in [0, 0.05) is 0 Å². The van der Waals surface area contributed by atoms with Crippen LogP contribution in [-0.2, 0) is 9.53 Å². The van der Waals surface area contributed by atoms with Crippen molar-refractivity contribution in [3.8, 4) is 0 Å². The Morgan fingerprint density at radius 1 is 1.31 bits per heavy atom. The highest BCUT2D eigenvalue weighted by Crippen LogP contribution is 2.11. The largest absolute Gasteiger partial charge is 0.502 e. The monoisotopic (exact) mass is 195 g/mol. The van der Waals surface area contributed by atoms with Crippen LogP contribution in [0.25, 0.3) is 0 Å². The van der Waals surface area contributed by atoms with Crippen LogP contribution in [0.1, 0.15) is 20.8 Å². The van der Waals surface area contributed by atoms with Gasteiger partial charge in [-0.15, -0.1) is 5.98 Å². The molecule has 0 unspecified atom stereocenters. The van der Waals surface area contributed by atoms with Gasteiger partial charge in [0.05, 0.1) is 0 Å². The van der Waals surface area contributed by atoms with Gasteiger partial charge in [-0.2, -0.15) is 0 Å². The van der Waals surface area contributed by atoms with Gasteiger partial charge in [0.25, 0.3) is 0 Å². The van der Waals surface area contributed by atoms with E-state index in [4.69, 9.17) is 0 Å². The van der Waals surface area contributed by atoms with Crippen molar-refractivity contribution in [2.45, 2.75) is 26.4 Å². The molecular formula is C7H11BF3O2-. The molecule has 0 spiro atoms. The normalized spacial score (nSPS) is 13.4. The Kier molecular flexibility index (Phi) is 3.57. The molecular weight excluding hydrogens is 184 g/mol. The molecule has 0 aliphatic carbocycles. The molecule has 0 aromatic rings. The van der Waals surface area contributed by atoms with Gasteiger partial charge in [0.15, 0.2) is 0 Å². The summed E-state index contributed by atoms with van der Waals surface area (Å²) in [7, 11) is 0. The van der Waals surface area contributed by atoms with E-state index in [1.165, 1.54) is 0 Å². The highest BCUT2D eigenvalue weighted by atomic mass is 19.4. The van der Waals surface area contributed by atoms with Crippen molar-refractivity contribution in [3.63, 3.8) is 0 Å². The predicted molar refractivity (Wildman–Crippen MR) is 44.1 cm³/mol. The summed E-state index contributed by atoms with van der Waals surface area (Å²) in [4.78, 5) is 10.7. The second-order valence-corrected chi connectivity index (χ2v) is 3.52. The number of halogens is 3. The number of esters is 1. The van der Waals surface area contributed by atoms with E-state index in [0.29, 0.717) is 6.08 Å². The Balaban J connectivity index is 4.11. The molecule has 0 aromatic heterocycles. The average molecular weight is 195 g/mol. The maximum absolute atomic E-state index is 11.6. The zero-order valence-electron chi connectivity index (χ0n) is 7.68. The van der Waals surface area contributed by atoms with Gasteiger partial charge in [-0.3, -0.25) is 0 Å². The van der Waals surface area contributed by atoms with Crippen LogP contribution in [0.3, 0.4) is 0 Å². The first-order valence-electron chi connectivity index (χ1n) is 3.72. The zero-order chi connectivity index (χ0) is 10.7. The molecule has 0 rings (SSSR count). The number of carbonyl (C=O) groups is 1. The molecule has 0 aliphatic heterocycles. The highest BCUT2D eigenvalue weighted by molar-refractivity contribution is 6.64. The SMILES string of the molecule is CC(C)(C)OC(=O)/C=C\[B-](F)(F)F. The number of hydrogen-bond donors (Lipinski definition) is 0. The zero-order valence-corrected chi connectivity index (χ0v) is 7.68. The summed E-state index contributed by atoms with van der Waals surface area (Å²) in [5.74, 6) is -1.07. The van der Waals surface area contributed by atoms with Crippen molar-refractivity contribution < 1.29 is 22.5 Å². The Labute approximate surface area is 74.8 Å². The summed E-state index contributed by atoms with van der Waals surface area (Å²) in [6.07, 6.45) is 0.394. The fraction of sp³-hybridized carbons (Fsp3) is 0.571. The van der Waals surface area contributed by atoms with Crippen LogP contribution < -0.4 is 0 Å². The maximum atomic E-state index is 11.6. The first-order chi connectivity index (χ1) is 5.60. The molecule has 2 nitrogen and oxygen atoms in total. The lowest BCUT2D eigenvalue weighted by Crippen LogP contribution is -2.23. The summed E-state index contributed by atoms with van der Waals surface area (Å²) in [6.45, 7) is -0.318. The lowest BCUT2D eigenvalue weighted by molar-refractivity contribution is -0.148. The molecule has 0 saturated carbocycles. The molecule has 0 aromatic carbocycles. The summed E-state index contributed by atoms with van der Waals surface area (Å²) in [5.41, 5.74) is -0.764. The van der Waals surface area contributed by atoms with E-state index in [2.05, 4.69) is 4.74 Å². The first-order valence-corrected chi connectivity index (χ1v) is 3.72. The minimum atomic E-state index is -5.06. The third-order valence-electron chi connectivity index (χ3n) is 0.857. The third-order valence-corrected chi connectivity index (χ3v) is 0.857. The quantitative estimate of drug-likeness (QED) is 0.383. The van der Waals surface area contributed by atoms with Crippen LogP contribution >= 0.6 is 0 Å². The molecule has 0 amide bonds. The summed E-state index contributed by atoms with van der Waals surface area (Å²) >= 11 is 0. The van der Waals surface area contributed by atoms with Gasteiger partial charge in [-0.1, -0.05) is 0 Å². The molecule has 76 valence electrons. The van der Waals surface area contributed by atoms with E-state index < -0.39 is 18.5 Å². The minimum absolute atomic E-state index is 0.0892. The second-order valence-electron chi connectivity index (χ2n) is 3.52. The van der Waals surface area contributed by atoms with E-state index in [-0.39, 0.29) is 5.98 Å². The van der Waals surface area contributed by atoms with Gasteiger partial charge in [-0.05, 0) is 26.8 Å².